The quantitative estimate of drug-likeness (QED) is 0.856. The molecule has 0 aliphatic carbocycles. The number of aliphatic hydroxyl groups excluding tert-OH is 1. The third-order valence-electron chi connectivity index (χ3n) is 2.64. The van der Waals surface area contributed by atoms with Crippen LogP contribution in [0.1, 0.15) is 27.9 Å². The van der Waals surface area contributed by atoms with E-state index in [0.717, 1.165) is 5.56 Å². The first-order valence-corrected chi connectivity index (χ1v) is 5.59. The minimum absolute atomic E-state index is 0.171. The Bertz CT molecular complexity index is 522. The lowest BCUT2D eigenvalue weighted by Crippen LogP contribution is -2.30. The van der Waals surface area contributed by atoms with Crippen molar-refractivity contribution in [3.63, 3.8) is 0 Å². The number of hydrogen-bond acceptors (Lipinski definition) is 4. The number of aryl methyl sites for hydroxylation is 1. The Balaban J connectivity index is 2.13. The normalized spacial score (nSPS) is 12.1. The zero-order valence-corrected chi connectivity index (χ0v) is 9.96. The van der Waals surface area contributed by atoms with Crippen LogP contribution in [0.5, 0.6) is 0 Å². The van der Waals surface area contributed by atoms with E-state index in [0.29, 0.717) is 5.69 Å². The number of benzene rings is 1. The van der Waals surface area contributed by atoms with Crippen LogP contribution in [0.2, 0.25) is 0 Å². The molecule has 1 aromatic heterocycles. The van der Waals surface area contributed by atoms with E-state index in [4.69, 9.17) is 4.42 Å². The molecule has 1 amide bonds. The molecule has 2 N–H and O–H groups in total. The number of oxazole rings is 1. The van der Waals surface area contributed by atoms with Gasteiger partial charge in [-0.2, -0.15) is 0 Å². The van der Waals surface area contributed by atoms with E-state index in [-0.39, 0.29) is 18.3 Å². The van der Waals surface area contributed by atoms with Gasteiger partial charge in [0.25, 0.3) is 5.91 Å². The first-order valence-electron chi connectivity index (χ1n) is 5.59. The van der Waals surface area contributed by atoms with Crippen molar-refractivity contribution in [2.45, 2.75) is 13.0 Å². The van der Waals surface area contributed by atoms with Crippen LogP contribution in [0.25, 0.3) is 0 Å². The topological polar surface area (TPSA) is 75.4 Å². The van der Waals surface area contributed by atoms with Gasteiger partial charge in [-0.25, -0.2) is 4.98 Å². The zero-order valence-electron chi connectivity index (χ0n) is 9.96. The standard InChI is InChI=1S/C13H14N2O3/c1-9-12(18-8-14-9)13(17)15-11(7-16)10-5-3-2-4-6-10/h2-6,8,11,16H,7H2,1H3,(H,15,17)/t11-/m1/s1. The molecule has 2 rings (SSSR count). The Morgan fingerprint density at radius 2 is 2.17 bits per heavy atom. The molecule has 1 aromatic carbocycles. The maximum atomic E-state index is 11.9. The molecule has 0 aliphatic rings. The average molecular weight is 246 g/mol. The summed E-state index contributed by atoms with van der Waals surface area (Å²) in [7, 11) is 0. The molecular formula is C13H14N2O3. The Hall–Kier alpha value is -2.14. The van der Waals surface area contributed by atoms with Gasteiger partial charge in [0.2, 0.25) is 5.76 Å². The van der Waals surface area contributed by atoms with Crippen molar-refractivity contribution in [2.75, 3.05) is 6.61 Å². The fourth-order valence-corrected chi connectivity index (χ4v) is 1.66. The Morgan fingerprint density at radius 3 is 2.72 bits per heavy atom. The molecule has 2 aromatic rings. The third kappa shape index (κ3) is 2.57. The minimum Gasteiger partial charge on any atom is -0.438 e. The van der Waals surface area contributed by atoms with E-state index in [1.54, 1.807) is 6.92 Å². The van der Waals surface area contributed by atoms with Gasteiger partial charge in [0.15, 0.2) is 6.39 Å². The molecule has 0 spiro atoms. The predicted molar refractivity (Wildman–Crippen MR) is 65.0 cm³/mol. The van der Waals surface area contributed by atoms with E-state index < -0.39 is 6.04 Å². The van der Waals surface area contributed by atoms with Crippen LogP contribution in [-0.2, 0) is 0 Å². The second-order valence-corrected chi connectivity index (χ2v) is 3.89. The van der Waals surface area contributed by atoms with Gasteiger partial charge in [0, 0.05) is 0 Å². The summed E-state index contributed by atoms with van der Waals surface area (Å²) < 4.78 is 5.00. The number of carbonyl (C=O) groups excluding carboxylic acids is 1. The highest BCUT2D eigenvalue weighted by Crippen LogP contribution is 2.13. The van der Waals surface area contributed by atoms with E-state index in [1.165, 1.54) is 6.39 Å². The van der Waals surface area contributed by atoms with E-state index in [1.807, 2.05) is 30.3 Å². The van der Waals surface area contributed by atoms with Crippen LogP contribution in [0.4, 0.5) is 0 Å². The largest absolute Gasteiger partial charge is 0.438 e. The van der Waals surface area contributed by atoms with Gasteiger partial charge < -0.3 is 14.8 Å². The summed E-state index contributed by atoms with van der Waals surface area (Å²) >= 11 is 0. The van der Waals surface area contributed by atoms with Crippen LogP contribution in [0.15, 0.2) is 41.1 Å². The molecule has 18 heavy (non-hydrogen) atoms. The summed E-state index contributed by atoms with van der Waals surface area (Å²) in [5.41, 5.74) is 1.36. The number of aliphatic hydroxyl groups is 1. The summed E-state index contributed by atoms with van der Waals surface area (Å²) in [5, 5.41) is 12.0. The summed E-state index contributed by atoms with van der Waals surface area (Å²) in [6.45, 7) is 1.51. The SMILES string of the molecule is Cc1ncoc1C(=O)N[C@H](CO)c1ccccc1. The number of nitrogens with one attached hydrogen (secondary N) is 1. The van der Waals surface area contributed by atoms with Gasteiger partial charge in [-0.05, 0) is 12.5 Å². The molecule has 0 saturated heterocycles. The minimum atomic E-state index is -0.455. The highest BCUT2D eigenvalue weighted by Gasteiger charge is 2.18. The fraction of sp³-hybridized carbons (Fsp3) is 0.231. The average Bonchev–Trinajstić information content (AvgIpc) is 2.83. The maximum Gasteiger partial charge on any atom is 0.289 e. The molecule has 1 atom stereocenters. The van der Waals surface area contributed by atoms with Crippen LogP contribution >= 0.6 is 0 Å². The van der Waals surface area contributed by atoms with Crippen LogP contribution < -0.4 is 5.32 Å². The predicted octanol–water partition coefficient (Wildman–Crippen LogP) is 1.45. The Labute approximate surface area is 104 Å². The number of amides is 1. The molecule has 5 nitrogen and oxygen atoms in total. The molecule has 0 unspecified atom stereocenters. The second-order valence-electron chi connectivity index (χ2n) is 3.89. The summed E-state index contributed by atoms with van der Waals surface area (Å²) in [6, 6.07) is 8.81. The van der Waals surface area contributed by atoms with Gasteiger partial charge in [-0.1, -0.05) is 30.3 Å². The monoisotopic (exact) mass is 246 g/mol. The fourth-order valence-electron chi connectivity index (χ4n) is 1.66. The van der Waals surface area contributed by atoms with Crippen molar-refractivity contribution in [2.24, 2.45) is 0 Å². The second kappa shape index (κ2) is 5.46. The molecule has 0 radical (unpaired) electrons. The van der Waals surface area contributed by atoms with Gasteiger partial charge in [0.05, 0.1) is 18.3 Å². The Kier molecular flexibility index (Phi) is 3.74. The molecule has 0 bridgehead atoms. The molecule has 1 heterocycles. The number of carbonyl (C=O) groups is 1. The van der Waals surface area contributed by atoms with Crippen molar-refractivity contribution >= 4 is 5.91 Å². The molecule has 0 saturated carbocycles. The van der Waals surface area contributed by atoms with Gasteiger partial charge in [-0.15, -0.1) is 0 Å². The van der Waals surface area contributed by atoms with E-state index >= 15 is 0 Å². The van der Waals surface area contributed by atoms with Gasteiger partial charge in [-0.3, -0.25) is 4.79 Å². The first-order chi connectivity index (χ1) is 8.72. The molecule has 94 valence electrons. The molecular weight excluding hydrogens is 232 g/mol. The highest BCUT2D eigenvalue weighted by molar-refractivity contribution is 5.92. The lowest BCUT2D eigenvalue weighted by molar-refractivity contribution is 0.0887. The number of aromatic nitrogens is 1. The number of rotatable bonds is 4. The molecule has 0 fully saturated rings. The maximum absolute atomic E-state index is 11.9. The van der Waals surface area contributed by atoms with Crippen molar-refractivity contribution in [3.8, 4) is 0 Å². The van der Waals surface area contributed by atoms with Crippen molar-refractivity contribution in [1.82, 2.24) is 10.3 Å². The smallest absolute Gasteiger partial charge is 0.289 e. The molecule has 5 heteroatoms. The third-order valence-corrected chi connectivity index (χ3v) is 2.64. The first kappa shape index (κ1) is 12.3. The van der Waals surface area contributed by atoms with Crippen molar-refractivity contribution in [1.29, 1.82) is 0 Å². The van der Waals surface area contributed by atoms with E-state index in [9.17, 15) is 9.90 Å². The van der Waals surface area contributed by atoms with E-state index in [2.05, 4.69) is 10.3 Å². The highest BCUT2D eigenvalue weighted by atomic mass is 16.3. The summed E-state index contributed by atoms with van der Waals surface area (Å²) in [5.74, 6) is -0.211. The zero-order chi connectivity index (χ0) is 13.0. The van der Waals surface area contributed by atoms with Crippen LogP contribution in [-0.4, -0.2) is 22.6 Å². The summed E-state index contributed by atoms with van der Waals surface area (Å²) in [6.07, 6.45) is 1.22. The number of hydrogen-bond donors (Lipinski definition) is 2. The van der Waals surface area contributed by atoms with Gasteiger partial charge >= 0.3 is 0 Å². The number of nitrogens with zero attached hydrogens (tertiary/aromatic N) is 1. The lowest BCUT2D eigenvalue weighted by Gasteiger charge is -2.15. The Morgan fingerprint density at radius 1 is 1.44 bits per heavy atom. The summed E-state index contributed by atoms with van der Waals surface area (Å²) in [4.78, 5) is 15.8. The van der Waals surface area contributed by atoms with Crippen molar-refractivity contribution < 1.29 is 14.3 Å². The molecule has 0 aliphatic heterocycles. The van der Waals surface area contributed by atoms with Crippen LogP contribution in [0.3, 0.4) is 0 Å². The van der Waals surface area contributed by atoms with Crippen LogP contribution in [0, 0.1) is 6.92 Å². The lowest BCUT2D eigenvalue weighted by atomic mass is 10.1. The van der Waals surface area contributed by atoms with Crippen molar-refractivity contribution in [3.05, 3.63) is 53.7 Å². The van der Waals surface area contributed by atoms with Gasteiger partial charge in [0.1, 0.15) is 0 Å².